The number of amides is 2. The molecule has 1 N–H and O–H groups in total. The molecule has 1 rings (SSSR count). The van der Waals surface area contributed by atoms with E-state index in [4.69, 9.17) is 4.74 Å². The van der Waals surface area contributed by atoms with Gasteiger partial charge in [-0.3, -0.25) is 9.59 Å². The largest absolute Gasteiger partial charge is 0.374 e. The molecular weight excluding hydrogens is 244 g/mol. The second-order valence-electron chi connectivity index (χ2n) is 6.33. The molecule has 19 heavy (non-hydrogen) atoms. The zero-order valence-electron chi connectivity index (χ0n) is 12.7. The van der Waals surface area contributed by atoms with Crippen LogP contribution in [0, 0.1) is 5.92 Å². The van der Waals surface area contributed by atoms with Crippen LogP contribution in [-0.2, 0) is 14.3 Å². The highest BCUT2D eigenvalue weighted by Gasteiger charge is 2.31. The molecule has 1 heterocycles. The van der Waals surface area contributed by atoms with Gasteiger partial charge in [0, 0.05) is 19.5 Å². The fourth-order valence-electron chi connectivity index (χ4n) is 1.99. The number of nitrogens with zero attached hydrogens (tertiary/aromatic N) is 1. The topological polar surface area (TPSA) is 58.6 Å². The lowest BCUT2D eigenvalue weighted by Crippen LogP contribution is -2.48. The summed E-state index contributed by atoms with van der Waals surface area (Å²) in [5, 5.41) is 2.79. The molecule has 1 fully saturated rings. The number of ether oxygens (including phenoxy) is 1. The van der Waals surface area contributed by atoms with E-state index in [2.05, 4.69) is 5.32 Å². The molecule has 0 radical (unpaired) electrons. The van der Waals surface area contributed by atoms with E-state index in [-0.39, 0.29) is 23.3 Å². The minimum Gasteiger partial charge on any atom is -0.374 e. The van der Waals surface area contributed by atoms with Gasteiger partial charge in [-0.2, -0.15) is 0 Å². The average molecular weight is 270 g/mol. The van der Waals surface area contributed by atoms with Crippen molar-refractivity contribution < 1.29 is 14.3 Å². The molecule has 0 aromatic rings. The normalized spacial score (nSPS) is 21.6. The average Bonchev–Trinajstić information content (AvgIpc) is 2.40. The smallest absolute Gasteiger partial charge is 0.245 e. The van der Waals surface area contributed by atoms with Gasteiger partial charge < -0.3 is 15.0 Å². The molecule has 0 aromatic heterocycles. The van der Waals surface area contributed by atoms with Gasteiger partial charge in [0.1, 0.15) is 6.04 Å². The van der Waals surface area contributed by atoms with Crippen LogP contribution in [0.15, 0.2) is 0 Å². The SMILES string of the molecule is CC(C)C1NC(=O)CCN(CCOC(C)(C)C)C1=O. The molecular formula is C14H26N2O3. The fraction of sp³-hybridized carbons (Fsp3) is 0.857. The third-order valence-corrected chi connectivity index (χ3v) is 3.07. The molecule has 5 heteroatoms. The minimum absolute atomic E-state index is 0.00152. The van der Waals surface area contributed by atoms with Crippen molar-refractivity contribution in [2.45, 2.75) is 52.7 Å². The predicted molar refractivity (Wildman–Crippen MR) is 73.7 cm³/mol. The highest BCUT2D eigenvalue weighted by Crippen LogP contribution is 2.12. The Kier molecular flexibility index (Phi) is 5.35. The number of hydrogen-bond acceptors (Lipinski definition) is 3. The number of carbonyl (C=O) groups is 2. The number of carbonyl (C=O) groups excluding carboxylic acids is 2. The Hall–Kier alpha value is -1.10. The molecule has 1 aliphatic heterocycles. The van der Waals surface area contributed by atoms with Crippen LogP contribution in [-0.4, -0.2) is 48.1 Å². The van der Waals surface area contributed by atoms with E-state index in [1.807, 2.05) is 34.6 Å². The van der Waals surface area contributed by atoms with Crippen molar-refractivity contribution in [1.82, 2.24) is 10.2 Å². The minimum atomic E-state index is -0.412. The van der Waals surface area contributed by atoms with E-state index in [9.17, 15) is 9.59 Å². The highest BCUT2D eigenvalue weighted by molar-refractivity contribution is 5.90. The molecule has 1 aliphatic rings. The van der Waals surface area contributed by atoms with Gasteiger partial charge in [0.25, 0.3) is 0 Å². The number of nitrogens with one attached hydrogen (secondary N) is 1. The molecule has 0 bridgehead atoms. The van der Waals surface area contributed by atoms with Crippen molar-refractivity contribution in [2.24, 2.45) is 5.92 Å². The summed E-state index contributed by atoms with van der Waals surface area (Å²) < 4.78 is 5.64. The molecule has 1 saturated heterocycles. The first-order valence-electron chi connectivity index (χ1n) is 6.93. The lowest BCUT2D eigenvalue weighted by atomic mass is 10.0. The first kappa shape index (κ1) is 16.0. The Morgan fingerprint density at radius 1 is 1.37 bits per heavy atom. The van der Waals surface area contributed by atoms with Gasteiger partial charge in [0.2, 0.25) is 11.8 Å². The fourth-order valence-corrected chi connectivity index (χ4v) is 1.99. The van der Waals surface area contributed by atoms with E-state index >= 15 is 0 Å². The molecule has 0 spiro atoms. The molecule has 0 aliphatic carbocycles. The number of hydrogen-bond donors (Lipinski definition) is 1. The van der Waals surface area contributed by atoms with Crippen molar-refractivity contribution in [3.05, 3.63) is 0 Å². The Morgan fingerprint density at radius 3 is 2.53 bits per heavy atom. The summed E-state index contributed by atoms with van der Waals surface area (Å²) in [6.07, 6.45) is 0.366. The van der Waals surface area contributed by atoms with Crippen LogP contribution in [0.1, 0.15) is 41.0 Å². The van der Waals surface area contributed by atoms with Crippen molar-refractivity contribution in [3.63, 3.8) is 0 Å². The van der Waals surface area contributed by atoms with E-state index in [1.165, 1.54) is 0 Å². The second-order valence-corrected chi connectivity index (χ2v) is 6.33. The van der Waals surface area contributed by atoms with Crippen LogP contribution in [0.4, 0.5) is 0 Å². The van der Waals surface area contributed by atoms with Crippen molar-refractivity contribution in [1.29, 1.82) is 0 Å². The van der Waals surface area contributed by atoms with Gasteiger partial charge in [-0.25, -0.2) is 0 Å². The third-order valence-electron chi connectivity index (χ3n) is 3.07. The summed E-state index contributed by atoms with van der Waals surface area (Å²) in [4.78, 5) is 25.7. The quantitative estimate of drug-likeness (QED) is 0.834. The third kappa shape index (κ3) is 5.19. The van der Waals surface area contributed by atoms with Crippen LogP contribution in [0.3, 0.4) is 0 Å². The van der Waals surface area contributed by atoms with E-state index < -0.39 is 6.04 Å². The van der Waals surface area contributed by atoms with Crippen LogP contribution < -0.4 is 5.32 Å². The van der Waals surface area contributed by atoms with Crippen molar-refractivity contribution in [3.8, 4) is 0 Å². The summed E-state index contributed by atoms with van der Waals surface area (Å²) in [5.41, 5.74) is -0.208. The first-order valence-corrected chi connectivity index (χ1v) is 6.93. The van der Waals surface area contributed by atoms with Gasteiger partial charge >= 0.3 is 0 Å². The Bertz CT molecular complexity index is 334. The Morgan fingerprint density at radius 2 is 2.00 bits per heavy atom. The van der Waals surface area contributed by atoms with Crippen LogP contribution in [0.25, 0.3) is 0 Å². The molecule has 2 amide bonds. The lowest BCUT2D eigenvalue weighted by Gasteiger charge is -2.27. The van der Waals surface area contributed by atoms with E-state index in [0.29, 0.717) is 26.1 Å². The monoisotopic (exact) mass is 270 g/mol. The van der Waals surface area contributed by atoms with Gasteiger partial charge in [-0.1, -0.05) is 13.8 Å². The number of rotatable bonds is 4. The molecule has 1 atom stereocenters. The van der Waals surface area contributed by atoms with Crippen molar-refractivity contribution >= 4 is 11.8 Å². The van der Waals surface area contributed by atoms with Crippen LogP contribution >= 0.6 is 0 Å². The van der Waals surface area contributed by atoms with E-state index in [0.717, 1.165) is 0 Å². The van der Waals surface area contributed by atoms with Crippen molar-refractivity contribution in [2.75, 3.05) is 19.7 Å². The van der Waals surface area contributed by atoms with Crippen LogP contribution in [0.2, 0.25) is 0 Å². The molecule has 5 nitrogen and oxygen atoms in total. The molecule has 0 saturated carbocycles. The van der Waals surface area contributed by atoms with Gasteiger partial charge in [0.05, 0.1) is 12.2 Å². The molecule has 1 unspecified atom stereocenters. The van der Waals surface area contributed by atoms with E-state index in [1.54, 1.807) is 4.90 Å². The maximum atomic E-state index is 12.3. The standard InChI is InChI=1S/C14H26N2O3/c1-10(2)12-13(18)16(7-6-11(17)15-12)8-9-19-14(3,4)5/h10,12H,6-9H2,1-5H3,(H,15,17). The maximum absolute atomic E-state index is 12.3. The summed E-state index contributed by atoms with van der Waals surface area (Å²) >= 11 is 0. The zero-order chi connectivity index (χ0) is 14.6. The first-order chi connectivity index (χ1) is 8.70. The van der Waals surface area contributed by atoms with Crippen LogP contribution in [0.5, 0.6) is 0 Å². The Labute approximate surface area is 115 Å². The summed E-state index contributed by atoms with van der Waals surface area (Å²) in [6.45, 7) is 11.3. The Balaban J connectivity index is 2.61. The molecule has 110 valence electrons. The summed E-state index contributed by atoms with van der Waals surface area (Å²) in [6, 6.07) is -0.412. The summed E-state index contributed by atoms with van der Waals surface area (Å²) in [5.74, 6) is 0.0465. The van der Waals surface area contributed by atoms with Gasteiger partial charge in [-0.15, -0.1) is 0 Å². The zero-order valence-corrected chi connectivity index (χ0v) is 12.7. The predicted octanol–water partition coefficient (Wildman–Crippen LogP) is 1.17. The molecule has 0 aromatic carbocycles. The second kappa shape index (κ2) is 6.37. The maximum Gasteiger partial charge on any atom is 0.245 e. The lowest BCUT2D eigenvalue weighted by molar-refractivity contribution is -0.136. The highest BCUT2D eigenvalue weighted by atomic mass is 16.5. The van der Waals surface area contributed by atoms with Gasteiger partial charge in [0.15, 0.2) is 0 Å². The van der Waals surface area contributed by atoms with Gasteiger partial charge in [-0.05, 0) is 26.7 Å². The summed E-state index contributed by atoms with van der Waals surface area (Å²) in [7, 11) is 0.